The summed E-state index contributed by atoms with van der Waals surface area (Å²) in [7, 11) is 1.85. The number of carbonyl (C=O) groups is 1. The van der Waals surface area contributed by atoms with Crippen molar-refractivity contribution in [2.75, 3.05) is 18.5 Å². The maximum atomic E-state index is 11.2. The van der Waals surface area contributed by atoms with Crippen LogP contribution in [0.3, 0.4) is 0 Å². The number of carboxylic acid groups (broad SMARTS) is 1. The number of aromatic carboxylic acids is 1. The number of anilines is 1. The number of nitrogens with zero attached hydrogens (tertiary/aromatic N) is 2. The van der Waals surface area contributed by atoms with Gasteiger partial charge in [0.2, 0.25) is 0 Å². The molecule has 2 rings (SSSR count). The Kier molecular flexibility index (Phi) is 4.28. The number of hydrogen-bond acceptors (Lipinski definition) is 4. The van der Waals surface area contributed by atoms with E-state index < -0.39 is 11.6 Å². The minimum absolute atomic E-state index is 0.247. The van der Waals surface area contributed by atoms with E-state index in [-0.39, 0.29) is 5.56 Å². The van der Waals surface area contributed by atoms with Crippen LogP contribution in [0.15, 0.2) is 12.1 Å². The molecule has 5 nitrogen and oxygen atoms in total. The molecule has 0 spiro atoms. The van der Waals surface area contributed by atoms with E-state index in [1.165, 1.54) is 0 Å². The van der Waals surface area contributed by atoms with Crippen molar-refractivity contribution in [3.63, 3.8) is 0 Å². The molecule has 110 valence electrons. The van der Waals surface area contributed by atoms with E-state index in [9.17, 15) is 9.90 Å². The summed E-state index contributed by atoms with van der Waals surface area (Å²) in [6, 6.07) is 3.17. The Morgan fingerprint density at radius 2 is 2.05 bits per heavy atom. The molecule has 1 heterocycles. The standard InChI is InChI=1S/C15H22N2O3/c1-3-12-8-11(14(18)19)9-13(16-12)17(2)10-15(20)6-4-5-7-15/h8-9,20H,3-7,10H2,1-2H3,(H,18,19). The summed E-state index contributed by atoms with van der Waals surface area (Å²) in [6.07, 6.45) is 4.39. The van der Waals surface area contributed by atoms with Gasteiger partial charge >= 0.3 is 5.97 Å². The average Bonchev–Trinajstić information content (AvgIpc) is 2.84. The fourth-order valence-corrected chi connectivity index (χ4v) is 2.79. The van der Waals surface area contributed by atoms with Crippen molar-refractivity contribution in [1.29, 1.82) is 0 Å². The van der Waals surface area contributed by atoms with Crippen LogP contribution in [0.25, 0.3) is 0 Å². The largest absolute Gasteiger partial charge is 0.478 e. The first-order valence-electron chi connectivity index (χ1n) is 7.11. The summed E-state index contributed by atoms with van der Waals surface area (Å²) in [5.74, 6) is -0.335. The highest BCUT2D eigenvalue weighted by molar-refractivity contribution is 5.88. The second-order valence-corrected chi connectivity index (χ2v) is 5.65. The second kappa shape index (κ2) is 5.79. The van der Waals surface area contributed by atoms with Crippen molar-refractivity contribution >= 4 is 11.8 Å². The van der Waals surface area contributed by atoms with Crippen molar-refractivity contribution in [3.05, 3.63) is 23.4 Å². The van der Waals surface area contributed by atoms with Crippen molar-refractivity contribution in [2.24, 2.45) is 0 Å². The molecule has 0 radical (unpaired) electrons. The van der Waals surface area contributed by atoms with Crippen LogP contribution in [0.2, 0.25) is 0 Å². The maximum absolute atomic E-state index is 11.2. The predicted octanol–water partition coefficient (Wildman–Crippen LogP) is 2.08. The van der Waals surface area contributed by atoms with Gasteiger partial charge in [-0.25, -0.2) is 9.78 Å². The van der Waals surface area contributed by atoms with Gasteiger partial charge in [-0.1, -0.05) is 19.8 Å². The molecule has 0 unspecified atom stereocenters. The lowest BCUT2D eigenvalue weighted by Gasteiger charge is -2.29. The highest BCUT2D eigenvalue weighted by atomic mass is 16.4. The number of pyridine rings is 1. The third kappa shape index (κ3) is 3.28. The van der Waals surface area contributed by atoms with E-state index in [0.717, 1.165) is 31.4 Å². The van der Waals surface area contributed by atoms with Crippen LogP contribution in [-0.2, 0) is 6.42 Å². The first-order chi connectivity index (χ1) is 9.43. The molecule has 0 atom stereocenters. The van der Waals surface area contributed by atoms with E-state index in [4.69, 9.17) is 5.11 Å². The predicted molar refractivity (Wildman–Crippen MR) is 77.3 cm³/mol. The Hall–Kier alpha value is -1.62. The smallest absolute Gasteiger partial charge is 0.335 e. The van der Waals surface area contributed by atoms with Gasteiger partial charge in [0.25, 0.3) is 0 Å². The second-order valence-electron chi connectivity index (χ2n) is 5.65. The summed E-state index contributed by atoms with van der Waals surface area (Å²) in [5, 5.41) is 19.6. The van der Waals surface area contributed by atoms with Gasteiger partial charge in [0.1, 0.15) is 5.82 Å². The fourth-order valence-electron chi connectivity index (χ4n) is 2.79. The summed E-state index contributed by atoms with van der Waals surface area (Å²) >= 11 is 0. The van der Waals surface area contributed by atoms with Crippen molar-refractivity contribution in [3.8, 4) is 0 Å². The normalized spacial score (nSPS) is 17.1. The number of aryl methyl sites for hydroxylation is 1. The van der Waals surface area contributed by atoms with Crippen molar-refractivity contribution in [2.45, 2.75) is 44.6 Å². The van der Waals surface area contributed by atoms with Gasteiger partial charge in [-0.15, -0.1) is 0 Å². The zero-order valence-corrected chi connectivity index (χ0v) is 12.1. The third-order valence-corrected chi connectivity index (χ3v) is 3.93. The number of rotatable bonds is 5. The third-order valence-electron chi connectivity index (χ3n) is 3.93. The van der Waals surface area contributed by atoms with Gasteiger partial charge in [-0.3, -0.25) is 0 Å². The molecular formula is C15H22N2O3. The molecule has 0 aliphatic heterocycles. The van der Waals surface area contributed by atoms with Crippen LogP contribution in [0.1, 0.15) is 48.7 Å². The number of aliphatic hydroxyl groups is 1. The van der Waals surface area contributed by atoms with Gasteiger partial charge in [0.15, 0.2) is 0 Å². The van der Waals surface area contributed by atoms with Gasteiger partial charge in [-0.05, 0) is 31.4 Å². The highest BCUT2D eigenvalue weighted by Crippen LogP contribution is 2.31. The number of hydrogen-bond donors (Lipinski definition) is 2. The van der Waals surface area contributed by atoms with E-state index in [0.29, 0.717) is 18.8 Å². The van der Waals surface area contributed by atoms with Crippen LogP contribution >= 0.6 is 0 Å². The molecule has 0 bridgehead atoms. The molecule has 1 aromatic heterocycles. The van der Waals surface area contributed by atoms with E-state index in [1.807, 2.05) is 18.9 Å². The van der Waals surface area contributed by atoms with Crippen molar-refractivity contribution in [1.82, 2.24) is 4.98 Å². The monoisotopic (exact) mass is 278 g/mol. The molecule has 2 N–H and O–H groups in total. The van der Waals surface area contributed by atoms with Crippen LogP contribution in [0, 0.1) is 0 Å². The molecule has 1 aromatic rings. The molecule has 1 aliphatic rings. The maximum Gasteiger partial charge on any atom is 0.335 e. The average molecular weight is 278 g/mol. The summed E-state index contributed by atoms with van der Waals surface area (Å²) in [6.45, 7) is 2.44. The van der Waals surface area contributed by atoms with Gasteiger partial charge in [0.05, 0.1) is 11.2 Å². The number of likely N-dealkylation sites (N-methyl/N-ethyl adjacent to an activating group) is 1. The highest BCUT2D eigenvalue weighted by Gasteiger charge is 2.32. The zero-order chi connectivity index (χ0) is 14.8. The zero-order valence-electron chi connectivity index (χ0n) is 12.1. The van der Waals surface area contributed by atoms with Gasteiger partial charge in [0, 0.05) is 19.3 Å². The fraction of sp³-hybridized carbons (Fsp3) is 0.600. The molecule has 1 fully saturated rings. The molecule has 1 aliphatic carbocycles. The van der Waals surface area contributed by atoms with Gasteiger partial charge in [-0.2, -0.15) is 0 Å². The molecule has 20 heavy (non-hydrogen) atoms. The Balaban J connectivity index is 2.22. The Labute approximate surface area is 119 Å². The molecule has 0 amide bonds. The van der Waals surface area contributed by atoms with Crippen LogP contribution in [0.4, 0.5) is 5.82 Å². The molecular weight excluding hydrogens is 256 g/mol. The minimum atomic E-state index is -0.948. The number of aromatic nitrogens is 1. The van der Waals surface area contributed by atoms with E-state index in [1.54, 1.807) is 12.1 Å². The summed E-state index contributed by atoms with van der Waals surface area (Å²) in [5.41, 5.74) is 0.337. The Morgan fingerprint density at radius 1 is 1.40 bits per heavy atom. The van der Waals surface area contributed by atoms with Crippen LogP contribution in [-0.4, -0.2) is 40.4 Å². The van der Waals surface area contributed by atoms with Crippen LogP contribution in [0.5, 0.6) is 0 Å². The lowest BCUT2D eigenvalue weighted by molar-refractivity contribution is 0.0558. The van der Waals surface area contributed by atoms with Gasteiger partial charge < -0.3 is 15.1 Å². The Morgan fingerprint density at radius 3 is 2.60 bits per heavy atom. The van der Waals surface area contributed by atoms with E-state index >= 15 is 0 Å². The Bertz CT molecular complexity index is 496. The quantitative estimate of drug-likeness (QED) is 0.862. The van der Waals surface area contributed by atoms with E-state index in [2.05, 4.69) is 4.98 Å². The lowest BCUT2D eigenvalue weighted by atomic mass is 10.0. The molecule has 1 saturated carbocycles. The molecule has 0 aromatic carbocycles. The number of carboxylic acids is 1. The first kappa shape index (κ1) is 14.8. The first-order valence-corrected chi connectivity index (χ1v) is 7.11. The van der Waals surface area contributed by atoms with Crippen LogP contribution < -0.4 is 4.90 Å². The summed E-state index contributed by atoms with van der Waals surface area (Å²) in [4.78, 5) is 17.5. The van der Waals surface area contributed by atoms with Crippen molar-refractivity contribution < 1.29 is 15.0 Å². The lowest BCUT2D eigenvalue weighted by Crippen LogP contribution is -2.39. The molecule has 0 saturated heterocycles. The topological polar surface area (TPSA) is 73.7 Å². The summed E-state index contributed by atoms with van der Waals surface area (Å²) < 4.78 is 0. The molecule has 5 heteroatoms. The SMILES string of the molecule is CCc1cc(C(=O)O)cc(N(C)CC2(O)CCCC2)n1. The minimum Gasteiger partial charge on any atom is -0.478 e.